The average Bonchev–Trinajstić information content (AvgIpc) is 3.42. The zero-order chi connectivity index (χ0) is 18.7. The summed E-state index contributed by atoms with van der Waals surface area (Å²) >= 11 is 0. The van der Waals surface area contributed by atoms with Gasteiger partial charge >= 0.3 is 11.9 Å². The third-order valence-corrected chi connectivity index (χ3v) is 4.87. The van der Waals surface area contributed by atoms with Gasteiger partial charge in [0.1, 0.15) is 17.0 Å². The molecule has 1 unspecified atom stereocenters. The molecule has 4 N–H and O–H groups in total. The Morgan fingerprint density at radius 1 is 1.08 bits per heavy atom. The molecule has 136 valence electrons. The van der Waals surface area contributed by atoms with Gasteiger partial charge in [0.05, 0.1) is 5.92 Å². The van der Waals surface area contributed by atoms with Crippen LogP contribution in [0.4, 0.5) is 0 Å². The van der Waals surface area contributed by atoms with Gasteiger partial charge in [0, 0.05) is 5.92 Å². The normalized spacial score (nSPS) is 20.8. The summed E-state index contributed by atoms with van der Waals surface area (Å²) in [6.45, 7) is 0. The maximum Gasteiger partial charge on any atom is 0.324 e. The van der Waals surface area contributed by atoms with Crippen LogP contribution in [-0.4, -0.2) is 27.7 Å². The number of carboxylic acid groups (broad SMARTS) is 2. The molecule has 0 aliphatic heterocycles. The molecule has 26 heavy (non-hydrogen) atoms. The first-order chi connectivity index (χ1) is 12.4. The Bertz CT molecular complexity index is 807. The molecule has 6 heteroatoms. The Balaban J connectivity index is 1.67. The van der Waals surface area contributed by atoms with Gasteiger partial charge in [0.15, 0.2) is 0 Å². The van der Waals surface area contributed by atoms with Crippen LogP contribution in [-0.2, 0) is 16.0 Å². The predicted octanol–water partition coefficient (Wildman–Crippen LogP) is 2.91. The second-order valence-corrected chi connectivity index (χ2v) is 6.69. The number of para-hydroxylation sites is 1. The van der Waals surface area contributed by atoms with Gasteiger partial charge in [-0.25, -0.2) is 0 Å². The van der Waals surface area contributed by atoms with Crippen molar-refractivity contribution in [2.24, 2.45) is 17.6 Å². The van der Waals surface area contributed by atoms with Crippen LogP contribution in [0.25, 0.3) is 0 Å². The van der Waals surface area contributed by atoms with E-state index in [9.17, 15) is 14.7 Å². The van der Waals surface area contributed by atoms with Gasteiger partial charge in [-0.2, -0.15) is 0 Å². The molecule has 2 aromatic rings. The predicted molar refractivity (Wildman–Crippen MR) is 95.1 cm³/mol. The standard InChI is InChI=1S/C20H21NO5/c21-20(19(24)25,17-12-16(17)18(22)23)10-9-13-5-4-8-15(11-13)26-14-6-2-1-3-7-14/h1-8,11,16-17H,9-10,12,21H2,(H,22,23)(H,24,25)/t16-,17-,20?/m0/s1. The minimum atomic E-state index is -1.53. The van der Waals surface area contributed by atoms with Crippen molar-refractivity contribution < 1.29 is 24.5 Å². The zero-order valence-corrected chi connectivity index (χ0v) is 14.2. The second kappa shape index (κ2) is 7.17. The number of aliphatic carboxylic acids is 2. The lowest BCUT2D eigenvalue weighted by molar-refractivity contribution is -0.145. The maximum atomic E-state index is 11.7. The molecular formula is C20H21NO5. The molecule has 0 bridgehead atoms. The molecular weight excluding hydrogens is 334 g/mol. The van der Waals surface area contributed by atoms with Crippen LogP contribution in [0, 0.1) is 11.8 Å². The Labute approximate surface area is 151 Å². The van der Waals surface area contributed by atoms with Gasteiger partial charge in [0.25, 0.3) is 0 Å². The molecule has 1 aliphatic carbocycles. The SMILES string of the molecule is NC(CCc1cccc(Oc2ccccc2)c1)(C(=O)O)[C@H]1C[C@@H]1C(=O)O. The van der Waals surface area contributed by atoms with Crippen LogP contribution < -0.4 is 10.5 Å². The first-order valence-electron chi connectivity index (χ1n) is 8.47. The summed E-state index contributed by atoms with van der Waals surface area (Å²) in [5, 5.41) is 18.6. The summed E-state index contributed by atoms with van der Waals surface area (Å²) < 4.78 is 5.78. The highest BCUT2D eigenvalue weighted by molar-refractivity contribution is 5.83. The number of hydrogen-bond donors (Lipinski definition) is 3. The quantitative estimate of drug-likeness (QED) is 0.671. The van der Waals surface area contributed by atoms with Gasteiger partial charge < -0.3 is 20.7 Å². The van der Waals surface area contributed by atoms with Gasteiger partial charge in [-0.3, -0.25) is 9.59 Å². The van der Waals surface area contributed by atoms with Crippen molar-refractivity contribution in [3.63, 3.8) is 0 Å². The topological polar surface area (TPSA) is 110 Å². The molecule has 2 aromatic carbocycles. The van der Waals surface area contributed by atoms with Crippen molar-refractivity contribution >= 4 is 11.9 Å². The van der Waals surface area contributed by atoms with Crippen LogP contribution in [0.3, 0.4) is 0 Å². The molecule has 0 saturated heterocycles. The molecule has 0 radical (unpaired) electrons. The highest BCUT2D eigenvalue weighted by Gasteiger charge is 2.57. The first kappa shape index (κ1) is 17.9. The molecule has 6 nitrogen and oxygen atoms in total. The second-order valence-electron chi connectivity index (χ2n) is 6.69. The number of carbonyl (C=O) groups is 2. The van der Waals surface area contributed by atoms with Crippen molar-refractivity contribution in [1.82, 2.24) is 0 Å². The smallest absolute Gasteiger partial charge is 0.324 e. The summed E-state index contributed by atoms with van der Waals surface area (Å²) in [5.74, 6) is -1.95. The largest absolute Gasteiger partial charge is 0.481 e. The number of aryl methyl sites for hydroxylation is 1. The number of ether oxygens (including phenoxy) is 1. The molecule has 0 spiro atoms. The molecule has 0 amide bonds. The van der Waals surface area contributed by atoms with Crippen LogP contribution in [0.2, 0.25) is 0 Å². The maximum absolute atomic E-state index is 11.7. The minimum Gasteiger partial charge on any atom is -0.481 e. The van der Waals surface area contributed by atoms with Crippen LogP contribution in [0.1, 0.15) is 18.4 Å². The molecule has 3 atom stereocenters. The van der Waals surface area contributed by atoms with E-state index in [-0.39, 0.29) is 6.42 Å². The zero-order valence-electron chi connectivity index (χ0n) is 14.2. The molecule has 1 aliphatic rings. The van der Waals surface area contributed by atoms with Crippen molar-refractivity contribution in [3.05, 3.63) is 60.2 Å². The fourth-order valence-electron chi connectivity index (χ4n) is 3.23. The van der Waals surface area contributed by atoms with E-state index in [2.05, 4.69) is 0 Å². The number of nitrogens with two attached hydrogens (primary N) is 1. The summed E-state index contributed by atoms with van der Waals surface area (Å²) in [6, 6.07) is 16.7. The number of carboxylic acids is 2. The van der Waals surface area contributed by atoms with E-state index in [0.29, 0.717) is 24.3 Å². The van der Waals surface area contributed by atoms with E-state index in [4.69, 9.17) is 15.6 Å². The van der Waals surface area contributed by atoms with Crippen LogP contribution in [0.5, 0.6) is 11.5 Å². The highest BCUT2D eigenvalue weighted by atomic mass is 16.5. The van der Waals surface area contributed by atoms with E-state index in [0.717, 1.165) is 5.56 Å². The van der Waals surface area contributed by atoms with Gasteiger partial charge in [-0.15, -0.1) is 0 Å². The van der Waals surface area contributed by atoms with Gasteiger partial charge in [0.2, 0.25) is 0 Å². The lowest BCUT2D eigenvalue weighted by Crippen LogP contribution is -2.51. The van der Waals surface area contributed by atoms with E-state index in [1.165, 1.54) is 0 Å². The first-order valence-corrected chi connectivity index (χ1v) is 8.47. The number of benzene rings is 2. The van der Waals surface area contributed by atoms with Crippen molar-refractivity contribution in [3.8, 4) is 11.5 Å². The fraction of sp³-hybridized carbons (Fsp3) is 0.300. The third-order valence-electron chi connectivity index (χ3n) is 4.87. The molecule has 0 heterocycles. The van der Waals surface area contributed by atoms with E-state index in [1.54, 1.807) is 0 Å². The Morgan fingerprint density at radius 3 is 2.38 bits per heavy atom. The van der Waals surface area contributed by atoms with Crippen LogP contribution >= 0.6 is 0 Å². The lowest BCUT2D eigenvalue weighted by Gasteiger charge is -2.25. The van der Waals surface area contributed by atoms with E-state index < -0.39 is 29.3 Å². The van der Waals surface area contributed by atoms with Gasteiger partial charge in [-0.1, -0.05) is 30.3 Å². The summed E-state index contributed by atoms with van der Waals surface area (Å²) in [5.41, 5.74) is 5.45. The summed E-state index contributed by atoms with van der Waals surface area (Å²) in [6.07, 6.45) is 0.915. The fourth-order valence-corrected chi connectivity index (χ4v) is 3.23. The van der Waals surface area contributed by atoms with Crippen LogP contribution in [0.15, 0.2) is 54.6 Å². The molecule has 3 rings (SSSR count). The van der Waals surface area contributed by atoms with Crippen molar-refractivity contribution in [2.45, 2.75) is 24.8 Å². The molecule has 1 saturated carbocycles. The van der Waals surface area contributed by atoms with E-state index >= 15 is 0 Å². The Morgan fingerprint density at radius 2 is 1.77 bits per heavy atom. The summed E-state index contributed by atoms with van der Waals surface area (Å²) in [4.78, 5) is 22.7. The highest BCUT2D eigenvalue weighted by Crippen LogP contribution is 2.47. The monoisotopic (exact) mass is 355 g/mol. The summed E-state index contributed by atoms with van der Waals surface area (Å²) in [7, 11) is 0. The van der Waals surface area contributed by atoms with Gasteiger partial charge in [-0.05, 0) is 49.1 Å². The van der Waals surface area contributed by atoms with E-state index in [1.807, 2.05) is 54.6 Å². The molecule has 1 fully saturated rings. The minimum absolute atomic E-state index is 0.172. The third kappa shape index (κ3) is 3.86. The lowest BCUT2D eigenvalue weighted by atomic mass is 9.86. The Kier molecular flexibility index (Phi) is 4.95. The molecule has 0 aromatic heterocycles. The number of rotatable bonds is 8. The average molecular weight is 355 g/mol. The number of hydrogen-bond acceptors (Lipinski definition) is 4. The van der Waals surface area contributed by atoms with Crippen molar-refractivity contribution in [1.29, 1.82) is 0 Å². The Hall–Kier alpha value is -2.86. The van der Waals surface area contributed by atoms with Crippen molar-refractivity contribution in [2.75, 3.05) is 0 Å².